The predicted octanol–water partition coefficient (Wildman–Crippen LogP) is 3.86. The van der Waals surface area contributed by atoms with E-state index in [4.69, 9.17) is 0 Å². The molecule has 0 unspecified atom stereocenters. The summed E-state index contributed by atoms with van der Waals surface area (Å²) in [6, 6.07) is 4.32. The maximum atomic E-state index is 13.0. The van der Waals surface area contributed by atoms with Gasteiger partial charge in [0, 0.05) is 27.6 Å². The number of nitro groups is 1. The summed E-state index contributed by atoms with van der Waals surface area (Å²) in [5.41, 5.74) is 0.689. The minimum Gasteiger partial charge on any atom is -0.324 e. The lowest BCUT2D eigenvalue weighted by Crippen LogP contribution is -2.49. The molecule has 1 heterocycles. The van der Waals surface area contributed by atoms with Crippen LogP contribution in [0.25, 0.3) is 0 Å². The molecule has 9 heteroatoms. The van der Waals surface area contributed by atoms with Crippen molar-refractivity contribution in [3.63, 3.8) is 0 Å². The monoisotopic (exact) mass is 404 g/mol. The Bertz CT molecular complexity index is 911. The van der Waals surface area contributed by atoms with E-state index in [2.05, 4.69) is 10.3 Å². The van der Waals surface area contributed by atoms with Gasteiger partial charge in [-0.3, -0.25) is 19.7 Å². The molecule has 0 aliphatic carbocycles. The van der Waals surface area contributed by atoms with Gasteiger partial charge in [-0.1, -0.05) is 6.07 Å². The Morgan fingerprint density at radius 1 is 1.25 bits per heavy atom. The molecule has 0 bridgehead atoms. The molecule has 0 radical (unpaired) electrons. The zero-order valence-electron chi connectivity index (χ0n) is 16.8. The molecule has 2 rings (SSSR count). The van der Waals surface area contributed by atoms with E-state index in [-0.39, 0.29) is 23.7 Å². The largest absolute Gasteiger partial charge is 0.324 e. The molecule has 28 heavy (non-hydrogen) atoms. The van der Waals surface area contributed by atoms with Crippen molar-refractivity contribution in [2.45, 2.75) is 47.1 Å². The molecule has 2 aromatic rings. The van der Waals surface area contributed by atoms with Gasteiger partial charge in [0.05, 0.1) is 10.6 Å². The van der Waals surface area contributed by atoms with Crippen LogP contribution in [0.3, 0.4) is 0 Å². The van der Waals surface area contributed by atoms with Crippen LogP contribution < -0.4 is 5.32 Å². The van der Waals surface area contributed by atoms with Crippen molar-refractivity contribution >= 4 is 34.0 Å². The molecule has 0 spiro atoms. The van der Waals surface area contributed by atoms with Gasteiger partial charge in [0.1, 0.15) is 6.54 Å². The average Bonchev–Trinajstić information content (AvgIpc) is 2.88. The summed E-state index contributed by atoms with van der Waals surface area (Å²) >= 11 is 1.37. The Labute approximate surface area is 167 Å². The fraction of sp³-hybridized carbons (Fsp3) is 0.421. The smallest absolute Gasteiger partial charge is 0.273 e. The number of anilines is 1. The number of rotatable bonds is 5. The van der Waals surface area contributed by atoms with Crippen LogP contribution in [0.2, 0.25) is 0 Å². The van der Waals surface area contributed by atoms with E-state index in [1.54, 1.807) is 27.7 Å². The minimum absolute atomic E-state index is 0.127. The van der Waals surface area contributed by atoms with Crippen molar-refractivity contribution in [3.8, 4) is 0 Å². The highest BCUT2D eigenvalue weighted by Crippen LogP contribution is 2.24. The van der Waals surface area contributed by atoms with Crippen molar-refractivity contribution in [2.24, 2.45) is 0 Å². The Kier molecular flexibility index (Phi) is 6.18. The van der Waals surface area contributed by atoms with Gasteiger partial charge in [0.25, 0.3) is 11.6 Å². The molecule has 150 valence electrons. The maximum Gasteiger partial charge on any atom is 0.273 e. The number of thiazole rings is 1. The molecule has 8 nitrogen and oxygen atoms in total. The van der Waals surface area contributed by atoms with Crippen LogP contribution in [0.1, 0.15) is 47.3 Å². The Morgan fingerprint density at radius 2 is 1.89 bits per heavy atom. The molecule has 0 aliphatic heterocycles. The number of hydrogen-bond donors (Lipinski definition) is 1. The zero-order valence-corrected chi connectivity index (χ0v) is 17.6. The van der Waals surface area contributed by atoms with Gasteiger partial charge in [-0.25, -0.2) is 4.98 Å². The van der Waals surface area contributed by atoms with Crippen molar-refractivity contribution < 1.29 is 14.5 Å². The molecule has 0 atom stereocenters. The molecule has 1 aromatic heterocycles. The van der Waals surface area contributed by atoms with Crippen LogP contribution >= 0.6 is 11.3 Å². The number of aromatic nitrogens is 1. The number of aryl methyl sites for hydroxylation is 3. The number of nitro benzene ring substituents is 1. The molecular formula is C19H24N4O4S. The van der Waals surface area contributed by atoms with Crippen molar-refractivity contribution in [2.75, 3.05) is 11.9 Å². The second-order valence-corrected chi connectivity index (χ2v) is 8.73. The standard InChI is InChI=1S/C19H24N4O4S/c1-11-7-8-14(9-15(11)23(26)27)17(25)22(19(4,5)6)10-16(24)21-18-20-12(2)13(3)28-18/h7-9H,10H2,1-6H3,(H,20,21,24). The van der Waals surface area contributed by atoms with Crippen molar-refractivity contribution in [3.05, 3.63) is 50.0 Å². The molecular weight excluding hydrogens is 380 g/mol. The minimum atomic E-state index is -0.664. The molecule has 2 amide bonds. The molecule has 0 aliphatic rings. The van der Waals surface area contributed by atoms with E-state index in [1.165, 1.54) is 34.4 Å². The van der Waals surface area contributed by atoms with Gasteiger partial charge in [-0.05, 0) is 47.6 Å². The lowest BCUT2D eigenvalue weighted by Gasteiger charge is -2.35. The van der Waals surface area contributed by atoms with Gasteiger partial charge in [0.15, 0.2) is 5.13 Å². The van der Waals surface area contributed by atoms with E-state index in [9.17, 15) is 19.7 Å². The van der Waals surface area contributed by atoms with Gasteiger partial charge in [-0.15, -0.1) is 11.3 Å². The third-order valence-corrected chi connectivity index (χ3v) is 5.27. The number of hydrogen-bond acceptors (Lipinski definition) is 6. The van der Waals surface area contributed by atoms with Crippen LogP contribution in [-0.4, -0.2) is 38.7 Å². The Hall–Kier alpha value is -2.81. The number of benzene rings is 1. The first kappa shape index (κ1) is 21.5. The van der Waals surface area contributed by atoms with Gasteiger partial charge >= 0.3 is 0 Å². The van der Waals surface area contributed by atoms with Gasteiger partial charge in [-0.2, -0.15) is 0 Å². The molecule has 0 saturated carbocycles. The van der Waals surface area contributed by atoms with Crippen LogP contribution in [0.4, 0.5) is 10.8 Å². The normalized spacial score (nSPS) is 11.2. The fourth-order valence-corrected chi connectivity index (χ4v) is 3.37. The third-order valence-electron chi connectivity index (χ3n) is 4.28. The summed E-state index contributed by atoms with van der Waals surface area (Å²) in [5, 5.41) is 14.4. The summed E-state index contributed by atoms with van der Waals surface area (Å²) in [6.07, 6.45) is 0. The van der Waals surface area contributed by atoms with E-state index in [0.717, 1.165) is 10.6 Å². The van der Waals surface area contributed by atoms with E-state index < -0.39 is 16.4 Å². The first-order valence-electron chi connectivity index (χ1n) is 8.71. The van der Waals surface area contributed by atoms with E-state index in [0.29, 0.717) is 10.7 Å². The summed E-state index contributed by atoms with van der Waals surface area (Å²) in [7, 11) is 0. The quantitative estimate of drug-likeness (QED) is 0.602. The topological polar surface area (TPSA) is 105 Å². The lowest BCUT2D eigenvalue weighted by molar-refractivity contribution is -0.385. The maximum absolute atomic E-state index is 13.0. The van der Waals surface area contributed by atoms with Gasteiger partial charge < -0.3 is 10.2 Å². The highest BCUT2D eigenvalue weighted by atomic mass is 32.1. The second kappa shape index (κ2) is 8.05. The van der Waals surface area contributed by atoms with Crippen molar-refractivity contribution in [1.82, 2.24) is 9.88 Å². The van der Waals surface area contributed by atoms with Crippen LogP contribution in [0.15, 0.2) is 18.2 Å². The Balaban J connectivity index is 2.26. The van der Waals surface area contributed by atoms with Crippen LogP contribution in [0, 0.1) is 30.9 Å². The Morgan fingerprint density at radius 3 is 2.39 bits per heavy atom. The zero-order chi connectivity index (χ0) is 21.2. The van der Waals surface area contributed by atoms with E-state index >= 15 is 0 Å². The SMILES string of the molecule is Cc1ccc(C(=O)N(CC(=O)Nc2nc(C)c(C)s2)C(C)(C)C)cc1[N+](=O)[O-]. The number of carbonyl (C=O) groups is 2. The first-order chi connectivity index (χ1) is 12.9. The second-order valence-electron chi connectivity index (χ2n) is 7.53. The predicted molar refractivity (Wildman–Crippen MR) is 109 cm³/mol. The highest BCUT2D eigenvalue weighted by Gasteiger charge is 2.30. The third kappa shape index (κ3) is 4.92. The number of nitrogens with one attached hydrogen (secondary N) is 1. The molecule has 0 fully saturated rings. The van der Waals surface area contributed by atoms with Crippen LogP contribution in [-0.2, 0) is 4.79 Å². The summed E-state index contributed by atoms with van der Waals surface area (Å²) < 4.78 is 0. The summed E-state index contributed by atoms with van der Waals surface area (Å²) in [4.78, 5) is 42.9. The highest BCUT2D eigenvalue weighted by molar-refractivity contribution is 7.15. The first-order valence-corrected chi connectivity index (χ1v) is 9.52. The molecule has 1 aromatic carbocycles. The lowest BCUT2D eigenvalue weighted by atomic mass is 10.0. The van der Waals surface area contributed by atoms with Crippen LogP contribution in [0.5, 0.6) is 0 Å². The van der Waals surface area contributed by atoms with Gasteiger partial charge in [0.2, 0.25) is 5.91 Å². The molecule has 1 N–H and O–H groups in total. The summed E-state index contributed by atoms with van der Waals surface area (Å²) in [5.74, 6) is -0.823. The molecule has 0 saturated heterocycles. The van der Waals surface area contributed by atoms with Crippen molar-refractivity contribution in [1.29, 1.82) is 0 Å². The average molecular weight is 404 g/mol. The fourth-order valence-electron chi connectivity index (χ4n) is 2.54. The summed E-state index contributed by atoms with van der Waals surface area (Å²) in [6.45, 7) is 10.6. The number of amides is 2. The number of nitrogens with zero attached hydrogens (tertiary/aromatic N) is 3. The van der Waals surface area contributed by atoms with E-state index in [1.807, 2.05) is 13.8 Å². The number of carbonyl (C=O) groups excluding carboxylic acids is 2.